The molecule has 0 unspecified atom stereocenters. The SMILES string of the molecule is CC1(C)c2ccccc2-c2c1c1c(c3ccccc23)c2ccccc2n1-c1nc(-c2ccc3c4ccccc4n(-c4ccccc4)c3c2)c2ccccc2n1. The maximum Gasteiger partial charge on any atom is 0.235 e. The Morgan fingerprint density at radius 1 is 0.473 bits per heavy atom. The summed E-state index contributed by atoms with van der Waals surface area (Å²) in [4.78, 5) is 11.0. The first-order valence-corrected chi connectivity index (χ1v) is 19.0. The van der Waals surface area contributed by atoms with Crippen molar-refractivity contribution in [2.75, 3.05) is 0 Å². The Balaban J connectivity index is 1.21. The van der Waals surface area contributed by atoms with Crippen LogP contribution in [-0.2, 0) is 5.41 Å². The molecule has 0 spiro atoms. The molecule has 11 aromatic rings. The van der Waals surface area contributed by atoms with Crippen molar-refractivity contribution in [2.24, 2.45) is 0 Å². The van der Waals surface area contributed by atoms with Gasteiger partial charge in [-0.15, -0.1) is 0 Å². The monoisotopic (exact) mass is 702 g/mol. The maximum absolute atomic E-state index is 5.62. The predicted octanol–water partition coefficient (Wildman–Crippen LogP) is 13.0. The Bertz CT molecular complexity index is 3400. The molecule has 0 aliphatic heterocycles. The molecule has 0 fully saturated rings. The summed E-state index contributed by atoms with van der Waals surface area (Å²) in [7, 11) is 0. The molecule has 12 rings (SSSR count). The van der Waals surface area contributed by atoms with Crippen LogP contribution < -0.4 is 0 Å². The molecule has 1 aliphatic rings. The van der Waals surface area contributed by atoms with Gasteiger partial charge in [-0.2, -0.15) is 0 Å². The highest BCUT2D eigenvalue weighted by molar-refractivity contribution is 6.27. The second kappa shape index (κ2) is 11.0. The van der Waals surface area contributed by atoms with E-state index in [1.165, 1.54) is 65.6 Å². The normalized spacial score (nSPS) is 13.4. The van der Waals surface area contributed by atoms with Crippen LogP contribution in [0.3, 0.4) is 0 Å². The minimum absolute atomic E-state index is 0.254. The Morgan fingerprint density at radius 2 is 1.09 bits per heavy atom. The molecule has 0 bridgehead atoms. The molecule has 3 aromatic heterocycles. The van der Waals surface area contributed by atoms with Gasteiger partial charge in [-0.1, -0.05) is 147 Å². The fraction of sp³-hybridized carbons (Fsp3) is 0.0588. The molecule has 4 nitrogen and oxygen atoms in total. The van der Waals surface area contributed by atoms with Crippen LogP contribution in [0.4, 0.5) is 0 Å². The molecule has 0 amide bonds. The van der Waals surface area contributed by atoms with Crippen molar-refractivity contribution >= 4 is 65.3 Å². The number of rotatable bonds is 3. The summed E-state index contributed by atoms with van der Waals surface area (Å²) in [5.74, 6) is 0.674. The largest absolute Gasteiger partial charge is 0.309 e. The Labute approximate surface area is 317 Å². The molecule has 55 heavy (non-hydrogen) atoms. The minimum Gasteiger partial charge on any atom is -0.309 e. The molecule has 0 atom stereocenters. The van der Waals surface area contributed by atoms with E-state index in [0.29, 0.717) is 5.95 Å². The summed E-state index contributed by atoms with van der Waals surface area (Å²) < 4.78 is 4.73. The number of nitrogens with zero attached hydrogens (tertiary/aromatic N) is 4. The van der Waals surface area contributed by atoms with Gasteiger partial charge in [0.15, 0.2) is 0 Å². The van der Waals surface area contributed by atoms with E-state index in [4.69, 9.17) is 9.97 Å². The third kappa shape index (κ3) is 4.06. The molecule has 0 N–H and O–H groups in total. The van der Waals surface area contributed by atoms with E-state index < -0.39 is 0 Å². The van der Waals surface area contributed by atoms with Crippen LogP contribution in [0.15, 0.2) is 170 Å². The highest BCUT2D eigenvalue weighted by atomic mass is 15.2. The number of fused-ring (bicyclic) bond motifs is 14. The fourth-order valence-electron chi connectivity index (χ4n) is 9.76. The lowest BCUT2D eigenvalue weighted by Gasteiger charge is -2.24. The van der Waals surface area contributed by atoms with Crippen LogP contribution in [0.1, 0.15) is 25.0 Å². The van der Waals surface area contributed by atoms with E-state index in [9.17, 15) is 0 Å². The van der Waals surface area contributed by atoms with Crippen LogP contribution in [0, 0.1) is 0 Å². The van der Waals surface area contributed by atoms with E-state index in [0.717, 1.165) is 38.9 Å². The first-order chi connectivity index (χ1) is 27.1. The zero-order chi connectivity index (χ0) is 36.4. The summed E-state index contributed by atoms with van der Waals surface area (Å²) in [6, 6.07) is 61.3. The second-order valence-electron chi connectivity index (χ2n) is 15.4. The van der Waals surface area contributed by atoms with Gasteiger partial charge in [0, 0.05) is 43.6 Å². The lowest BCUT2D eigenvalue weighted by Crippen LogP contribution is -2.17. The van der Waals surface area contributed by atoms with Crippen molar-refractivity contribution in [3.63, 3.8) is 0 Å². The topological polar surface area (TPSA) is 35.6 Å². The number of hydrogen-bond donors (Lipinski definition) is 0. The quantitative estimate of drug-likeness (QED) is 0.184. The standard InChI is InChI=1S/C51H34N4/c1-51(2)40-24-12-8-21-37(40)45-35-19-6-7-20-36(35)46-39-23-11-15-27-43(39)55(49(46)47(45)51)50-52-41-25-13-9-22-38(41)48(53-50)31-28-29-34-33-18-10-14-26-42(33)54(44(34)30-31)32-16-4-3-5-17-32/h3-30H,1-2H3. The fourth-order valence-corrected chi connectivity index (χ4v) is 9.76. The third-order valence-electron chi connectivity index (χ3n) is 12.1. The first kappa shape index (κ1) is 30.4. The average Bonchev–Trinajstić information content (AvgIpc) is 3.84. The van der Waals surface area contributed by atoms with Crippen molar-refractivity contribution in [1.82, 2.24) is 19.1 Å². The number of benzene rings is 8. The van der Waals surface area contributed by atoms with E-state index in [1.54, 1.807) is 0 Å². The van der Waals surface area contributed by atoms with Gasteiger partial charge in [-0.3, -0.25) is 4.57 Å². The minimum atomic E-state index is -0.254. The van der Waals surface area contributed by atoms with Crippen LogP contribution in [-0.4, -0.2) is 19.1 Å². The molecule has 8 aromatic carbocycles. The van der Waals surface area contributed by atoms with Gasteiger partial charge < -0.3 is 4.57 Å². The van der Waals surface area contributed by atoms with Crippen LogP contribution in [0.5, 0.6) is 0 Å². The lowest BCUT2D eigenvalue weighted by molar-refractivity contribution is 0.664. The van der Waals surface area contributed by atoms with E-state index in [-0.39, 0.29) is 5.41 Å². The Morgan fingerprint density at radius 3 is 1.91 bits per heavy atom. The van der Waals surface area contributed by atoms with Gasteiger partial charge in [0.1, 0.15) is 0 Å². The summed E-state index contributed by atoms with van der Waals surface area (Å²) in [5, 5.41) is 8.46. The Kier molecular flexibility index (Phi) is 6.09. The van der Waals surface area contributed by atoms with Crippen LogP contribution in [0.25, 0.3) is 99.3 Å². The summed E-state index contributed by atoms with van der Waals surface area (Å²) >= 11 is 0. The van der Waals surface area contributed by atoms with E-state index in [1.807, 2.05) is 0 Å². The summed E-state index contributed by atoms with van der Waals surface area (Å²) in [6.45, 7) is 4.75. The van der Waals surface area contributed by atoms with Crippen LogP contribution >= 0.6 is 0 Å². The highest BCUT2D eigenvalue weighted by Crippen LogP contribution is 2.56. The van der Waals surface area contributed by atoms with Crippen molar-refractivity contribution in [2.45, 2.75) is 19.3 Å². The summed E-state index contributed by atoms with van der Waals surface area (Å²) in [6.07, 6.45) is 0. The highest BCUT2D eigenvalue weighted by Gasteiger charge is 2.40. The zero-order valence-electron chi connectivity index (χ0n) is 30.5. The average molecular weight is 703 g/mol. The van der Waals surface area contributed by atoms with Crippen molar-refractivity contribution in [3.8, 4) is 34.0 Å². The van der Waals surface area contributed by atoms with Gasteiger partial charge in [0.2, 0.25) is 5.95 Å². The Hall–Kier alpha value is -7.04. The van der Waals surface area contributed by atoms with E-state index in [2.05, 4.69) is 193 Å². The predicted molar refractivity (Wildman–Crippen MR) is 229 cm³/mol. The smallest absolute Gasteiger partial charge is 0.235 e. The first-order valence-electron chi connectivity index (χ1n) is 19.0. The van der Waals surface area contributed by atoms with Crippen LogP contribution in [0.2, 0.25) is 0 Å². The molecule has 1 aliphatic carbocycles. The van der Waals surface area contributed by atoms with Gasteiger partial charge in [0.25, 0.3) is 0 Å². The van der Waals surface area contributed by atoms with Gasteiger partial charge in [-0.25, -0.2) is 9.97 Å². The molecular weight excluding hydrogens is 669 g/mol. The van der Waals surface area contributed by atoms with Crippen molar-refractivity contribution < 1.29 is 0 Å². The van der Waals surface area contributed by atoms with E-state index >= 15 is 0 Å². The molecule has 258 valence electrons. The molecular formula is C51H34N4. The summed E-state index contributed by atoms with van der Waals surface area (Å²) in [5.41, 5.74) is 13.7. The number of aromatic nitrogens is 4. The molecule has 3 heterocycles. The molecule has 0 saturated carbocycles. The molecule has 0 saturated heterocycles. The molecule has 4 heteroatoms. The number of hydrogen-bond acceptors (Lipinski definition) is 2. The second-order valence-corrected chi connectivity index (χ2v) is 15.4. The maximum atomic E-state index is 5.62. The lowest BCUT2D eigenvalue weighted by atomic mass is 9.80. The zero-order valence-corrected chi connectivity index (χ0v) is 30.5. The van der Waals surface area contributed by atoms with Crippen molar-refractivity contribution in [1.29, 1.82) is 0 Å². The van der Waals surface area contributed by atoms with Gasteiger partial charge in [0.05, 0.1) is 33.3 Å². The van der Waals surface area contributed by atoms with Crippen molar-refractivity contribution in [3.05, 3.63) is 181 Å². The van der Waals surface area contributed by atoms with Gasteiger partial charge >= 0.3 is 0 Å². The van der Waals surface area contributed by atoms with Gasteiger partial charge in [-0.05, 0) is 69.4 Å². The molecule has 0 radical (unpaired) electrons. The third-order valence-corrected chi connectivity index (χ3v) is 12.1. The number of para-hydroxylation sites is 4.